The van der Waals surface area contributed by atoms with E-state index in [1.807, 2.05) is 50.2 Å². The number of hydrogen-bond donors (Lipinski definition) is 1. The Hall–Kier alpha value is -5.80. The zero-order valence-corrected chi connectivity index (χ0v) is 36.7. The number of hydrogen-bond acceptors (Lipinski definition) is 13. The molecule has 64 heavy (non-hydrogen) atoms. The van der Waals surface area contributed by atoms with Crippen LogP contribution in [0.25, 0.3) is 22.9 Å². The summed E-state index contributed by atoms with van der Waals surface area (Å²) >= 11 is 0. The van der Waals surface area contributed by atoms with Crippen LogP contribution in [0.2, 0.25) is 0 Å². The highest BCUT2D eigenvalue weighted by Crippen LogP contribution is 2.32. The Balaban J connectivity index is 0.000000191. The average molecular weight is 926 g/mol. The zero-order valence-electron chi connectivity index (χ0n) is 35.0. The molecule has 8 rings (SSSR count). The van der Waals surface area contributed by atoms with Crippen molar-refractivity contribution in [3.63, 3.8) is 0 Å². The van der Waals surface area contributed by atoms with Gasteiger partial charge in [0.05, 0.1) is 57.5 Å². The van der Waals surface area contributed by atoms with Crippen molar-refractivity contribution in [3.8, 4) is 22.9 Å². The van der Waals surface area contributed by atoms with Crippen molar-refractivity contribution in [3.05, 3.63) is 119 Å². The van der Waals surface area contributed by atoms with Crippen LogP contribution in [0, 0.1) is 13.8 Å². The highest BCUT2D eigenvalue weighted by Gasteiger charge is 2.35. The van der Waals surface area contributed by atoms with E-state index in [0.29, 0.717) is 72.7 Å². The predicted octanol–water partition coefficient (Wildman–Crippen LogP) is 8.51. The van der Waals surface area contributed by atoms with Crippen molar-refractivity contribution in [2.24, 2.45) is 0 Å². The molecule has 4 aromatic heterocycles. The summed E-state index contributed by atoms with van der Waals surface area (Å²) < 4.78 is 118. The van der Waals surface area contributed by atoms with E-state index in [1.54, 1.807) is 36.4 Å². The van der Waals surface area contributed by atoms with Gasteiger partial charge in [-0.3, -0.25) is 18.6 Å². The Labute approximate surface area is 368 Å². The highest BCUT2D eigenvalue weighted by atomic mass is 32.2. The summed E-state index contributed by atoms with van der Waals surface area (Å²) in [7, 11) is -7.22. The lowest BCUT2D eigenvalue weighted by Gasteiger charge is -2.31. The number of rotatable bonds is 14. The van der Waals surface area contributed by atoms with Gasteiger partial charge in [-0.2, -0.15) is 17.6 Å². The number of benzene rings is 2. The monoisotopic (exact) mass is 925 g/mol. The smallest absolute Gasteiger partial charge is 0.314 e. The Morgan fingerprint density at radius 3 is 1.42 bits per heavy atom. The molecule has 2 fully saturated rings. The third-order valence-electron chi connectivity index (χ3n) is 10.9. The van der Waals surface area contributed by atoms with Crippen LogP contribution in [0.3, 0.4) is 0 Å². The number of alkyl halides is 4. The number of halogens is 4. The van der Waals surface area contributed by atoms with Gasteiger partial charge in [-0.05, 0) is 112 Å². The van der Waals surface area contributed by atoms with Gasteiger partial charge in [0.2, 0.25) is 31.8 Å². The van der Waals surface area contributed by atoms with Gasteiger partial charge in [-0.25, -0.2) is 16.8 Å². The van der Waals surface area contributed by atoms with Crippen molar-refractivity contribution in [2.45, 2.75) is 95.2 Å². The van der Waals surface area contributed by atoms with Crippen LogP contribution in [-0.2, 0) is 33.1 Å². The van der Waals surface area contributed by atoms with Gasteiger partial charge in [-0.15, -0.1) is 20.4 Å². The summed E-state index contributed by atoms with van der Waals surface area (Å²) in [5, 5.41) is 16.1. The largest absolute Gasteiger partial charge is 0.415 e. The number of aryl methyl sites for hydroxylation is 2. The number of sulfonamides is 2. The molecule has 0 bridgehead atoms. The molecule has 6 aromatic rings. The van der Waals surface area contributed by atoms with Crippen LogP contribution in [-0.4, -0.2) is 70.8 Å². The summed E-state index contributed by atoms with van der Waals surface area (Å²) in [5.74, 6) is -1.65. The summed E-state index contributed by atoms with van der Waals surface area (Å²) in [6.07, 6.45) is 2.38. The first-order valence-electron chi connectivity index (χ1n) is 20.7. The first-order chi connectivity index (χ1) is 30.7. The average Bonchev–Trinajstić information content (AvgIpc) is 4.01. The molecule has 1 N–H and O–H groups in total. The van der Waals surface area contributed by atoms with E-state index in [1.165, 1.54) is 21.0 Å². The Bertz CT molecular complexity index is 2510. The molecular formula is C43H47F4N9O6S2. The molecule has 1 aliphatic heterocycles. The van der Waals surface area contributed by atoms with Gasteiger partial charge in [-0.1, -0.05) is 43.5 Å². The van der Waals surface area contributed by atoms with E-state index in [-0.39, 0.29) is 24.9 Å². The molecule has 21 heteroatoms. The fourth-order valence-corrected chi connectivity index (χ4v) is 11.4. The molecular weight excluding hydrogens is 879 g/mol. The van der Waals surface area contributed by atoms with E-state index >= 15 is 0 Å². The van der Waals surface area contributed by atoms with Crippen molar-refractivity contribution >= 4 is 31.4 Å². The van der Waals surface area contributed by atoms with Crippen LogP contribution < -0.4 is 13.9 Å². The van der Waals surface area contributed by atoms with E-state index in [0.717, 1.165) is 30.4 Å². The van der Waals surface area contributed by atoms with Crippen molar-refractivity contribution in [2.75, 3.05) is 21.7 Å². The van der Waals surface area contributed by atoms with Gasteiger partial charge in [0.15, 0.2) is 0 Å². The lowest BCUT2D eigenvalue weighted by atomic mass is 10.0. The summed E-state index contributed by atoms with van der Waals surface area (Å²) in [6.45, 7) is 5.24. The molecule has 1 saturated heterocycles. The second-order valence-electron chi connectivity index (χ2n) is 15.6. The maximum Gasteiger partial charge on any atom is 0.314 e. The van der Waals surface area contributed by atoms with Crippen LogP contribution in [0.4, 0.5) is 28.9 Å². The second kappa shape index (κ2) is 20.4. The normalized spacial score (nSPS) is 15.2. The lowest BCUT2D eigenvalue weighted by Crippen LogP contribution is -2.44. The Morgan fingerprint density at radius 1 is 0.609 bits per heavy atom. The third kappa shape index (κ3) is 11.1. The molecule has 5 heterocycles. The topological polar surface area (TPSA) is 190 Å². The number of pyridine rings is 2. The zero-order chi connectivity index (χ0) is 45.4. The molecule has 15 nitrogen and oxygen atoms in total. The summed E-state index contributed by atoms with van der Waals surface area (Å²) in [6, 6.07) is 21.2. The maximum absolute atomic E-state index is 13.6. The summed E-state index contributed by atoms with van der Waals surface area (Å²) in [5.41, 5.74) is 4.85. The van der Waals surface area contributed by atoms with Gasteiger partial charge in [0.1, 0.15) is 0 Å². The number of aromatic nitrogens is 6. The van der Waals surface area contributed by atoms with Crippen molar-refractivity contribution in [1.29, 1.82) is 0 Å². The molecule has 0 amide bonds. The Morgan fingerprint density at radius 2 is 1.05 bits per heavy atom. The molecule has 1 aliphatic carbocycles. The van der Waals surface area contributed by atoms with E-state index in [4.69, 9.17) is 8.83 Å². The van der Waals surface area contributed by atoms with Crippen LogP contribution >= 0.6 is 0 Å². The summed E-state index contributed by atoms with van der Waals surface area (Å²) in [4.78, 5) is 8.66. The third-order valence-corrected chi connectivity index (χ3v) is 15.4. The number of anilines is 2. The van der Waals surface area contributed by atoms with Crippen molar-refractivity contribution in [1.82, 2.24) is 35.7 Å². The van der Waals surface area contributed by atoms with Crippen LogP contribution in [0.15, 0.2) is 94.0 Å². The molecule has 0 spiro atoms. The fraction of sp³-hybridized carbons (Fsp3) is 0.395. The first-order valence-corrected chi connectivity index (χ1v) is 23.7. The molecule has 0 atom stereocenters. The predicted molar refractivity (Wildman–Crippen MR) is 230 cm³/mol. The van der Waals surface area contributed by atoms with Crippen LogP contribution in [0.1, 0.15) is 92.1 Å². The molecule has 1 saturated carbocycles. The molecule has 340 valence electrons. The molecule has 2 aliphatic rings. The minimum absolute atomic E-state index is 0.0438. The minimum atomic E-state index is -3.63. The van der Waals surface area contributed by atoms with E-state index < -0.39 is 55.2 Å². The van der Waals surface area contributed by atoms with E-state index in [2.05, 4.69) is 35.7 Å². The molecule has 0 radical (unpaired) electrons. The highest BCUT2D eigenvalue weighted by molar-refractivity contribution is 7.93. The van der Waals surface area contributed by atoms with Gasteiger partial charge in [0, 0.05) is 12.4 Å². The van der Waals surface area contributed by atoms with Gasteiger partial charge >= 0.3 is 12.9 Å². The lowest BCUT2D eigenvalue weighted by molar-refractivity contribution is 0.115. The number of piperidine rings is 1. The maximum atomic E-state index is 13.6. The fourth-order valence-electron chi connectivity index (χ4n) is 7.50. The van der Waals surface area contributed by atoms with Crippen LogP contribution in [0.5, 0.6) is 0 Å². The quantitative estimate of drug-likeness (QED) is 0.102. The molecule has 2 aromatic carbocycles. The number of nitrogens with one attached hydrogen (secondary N) is 1. The second-order valence-corrected chi connectivity index (χ2v) is 19.8. The van der Waals surface area contributed by atoms with Gasteiger partial charge in [0.25, 0.3) is 11.8 Å². The first kappa shape index (κ1) is 46.2. The Kier molecular flexibility index (Phi) is 14.7. The van der Waals surface area contributed by atoms with E-state index in [9.17, 15) is 34.4 Å². The number of nitrogens with zero attached hydrogens (tertiary/aromatic N) is 8. The standard InChI is InChI=1S/C22H24F2N4O3S.C21H23F2N5O3S/c1-15-6-5-7-18(12-15)28(32(29,30)19-8-3-2-4-9-19)14-17-11-10-16(13-25-17)21-26-27-22(31-21)20(23)24;1-14-3-2-4-17(11-14)28(32(29,30)18-7-9-24-10-8-18)13-16-6-5-15(12-25-16)20-26-27-21(31-20)19(22)23/h5-7,10-13,19-20H,2-4,8-9,14H2,1H3;2-6,11-12,18-19,24H,7-10,13H2,1H3. The van der Waals surface area contributed by atoms with Gasteiger partial charge < -0.3 is 14.2 Å². The molecule has 0 unspecified atom stereocenters. The van der Waals surface area contributed by atoms with Crippen molar-refractivity contribution < 1.29 is 43.2 Å². The minimum Gasteiger partial charge on any atom is -0.415 e. The SMILES string of the molecule is Cc1cccc(N(Cc2ccc(-c3nnc(C(F)F)o3)cn2)S(=O)(=O)C2CCCCC2)c1.Cc1cccc(N(Cc2ccc(-c3nnc(C(F)F)o3)cn2)S(=O)(=O)C2CCNCC2)c1.